The third kappa shape index (κ3) is 5.97. The first kappa shape index (κ1) is 29.6. The normalized spacial score (nSPS) is 16.6. The first-order valence-corrected chi connectivity index (χ1v) is 15.5. The van der Waals surface area contributed by atoms with Crippen molar-refractivity contribution in [1.82, 2.24) is 15.5 Å². The summed E-state index contributed by atoms with van der Waals surface area (Å²) < 4.78 is 19.1. The maximum Gasteiger partial charge on any atom is 0.255 e. The highest BCUT2D eigenvalue weighted by atomic mass is 19.1. The molecule has 2 amide bonds. The molecular weight excluding hydrogens is 553 g/mol. The van der Waals surface area contributed by atoms with Crippen LogP contribution in [0, 0.1) is 0 Å². The molecule has 1 unspecified atom stereocenters. The van der Waals surface area contributed by atoms with Crippen LogP contribution in [-0.2, 0) is 10.2 Å². The zero-order valence-electron chi connectivity index (χ0n) is 24.8. The molecule has 4 aromatic carbocycles. The lowest BCUT2D eigenvalue weighted by Crippen LogP contribution is -2.45. The zero-order chi connectivity index (χ0) is 30.4. The van der Waals surface area contributed by atoms with E-state index in [4.69, 9.17) is 4.74 Å². The van der Waals surface area contributed by atoms with Gasteiger partial charge in [0.15, 0.2) is 0 Å². The average molecular weight is 592 g/mol. The summed E-state index contributed by atoms with van der Waals surface area (Å²) in [5, 5.41) is 6.07. The highest BCUT2D eigenvalue weighted by Gasteiger charge is 2.48. The number of para-hydroxylation sites is 2. The Balaban J connectivity index is 1.07. The van der Waals surface area contributed by atoms with Crippen LogP contribution in [0.1, 0.15) is 47.2 Å². The standard InChI is InChI=1S/C37H38FN3O3/c38-22-23-39-36(43)37(32-17-7-4-14-29(32)30-15-5-8-18-33(30)37)21-10-11-24-41-25-20-27(26-41)40-35(42)31-16-6-9-19-34(31)44-28-12-2-1-3-13-28/h1-9,12-19,27H,10-11,20-26H2,(H,39,43)(H,40,42). The first-order chi connectivity index (χ1) is 21.6. The molecule has 6 rings (SSSR count). The number of fused-ring (bicyclic) bond motifs is 3. The number of unbranched alkanes of at least 4 members (excludes halogenated alkanes) is 1. The van der Waals surface area contributed by atoms with Crippen molar-refractivity contribution in [2.45, 2.75) is 37.1 Å². The number of ether oxygens (including phenoxy) is 1. The molecule has 2 aliphatic rings. The molecular formula is C37H38FN3O3. The lowest BCUT2D eigenvalue weighted by molar-refractivity contribution is -0.125. The van der Waals surface area contributed by atoms with Gasteiger partial charge in [-0.25, -0.2) is 4.39 Å². The number of carbonyl (C=O) groups excluding carboxylic acids is 2. The molecule has 1 aliphatic carbocycles. The Morgan fingerprint density at radius 1 is 0.841 bits per heavy atom. The van der Waals surface area contributed by atoms with Gasteiger partial charge in [-0.3, -0.25) is 9.59 Å². The van der Waals surface area contributed by atoms with Crippen LogP contribution in [0.2, 0.25) is 0 Å². The van der Waals surface area contributed by atoms with E-state index in [2.05, 4.69) is 27.7 Å². The molecule has 2 N–H and O–H groups in total. The quantitative estimate of drug-likeness (QED) is 0.185. The van der Waals surface area contributed by atoms with Crippen LogP contribution in [-0.4, -0.2) is 55.6 Å². The Morgan fingerprint density at radius 2 is 1.50 bits per heavy atom. The van der Waals surface area contributed by atoms with Gasteiger partial charge in [-0.1, -0.05) is 85.3 Å². The molecule has 1 atom stereocenters. The minimum absolute atomic E-state index is 0.00859. The summed E-state index contributed by atoms with van der Waals surface area (Å²) in [7, 11) is 0. The SMILES string of the molecule is O=C(NC1CCN(CCCCC2(C(=O)NCCF)c3ccccc3-c3ccccc32)C1)c1ccccc1Oc1ccccc1. The summed E-state index contributed by atoms with van der Waals surface area (Å²) in [6.07, 6.45) is 3.27. The second-order valence-electron chi connectivity index (χ2n) is 11.6. The summed E-state index contributed by atoms with van der Waals surface area (Å²) in [5.74, 6) is 0.952. The summed E-state index contributed by atoms with van der Waals surface area (Å²) in [6, 6.07) is 33.0. The number of hydrogen-bond donors (Lipinski definition) is 2. The molecule has 6 nitrogen and oxygen atoms in total. The van der Waals surface area contributed by atoms with E-state index in [1.807, 2.05) is 84.9 Å². The van der Waals surface area contributed by atoms with E-state index in [9.17, 15) is 14.0 Å². The fourth-order valence-corrected chi connectivity index (χ4v) is 6.77. The second kappa shape index (κ2) is 13.4. The van der Waals surface area contributed by atoms with Crippen LogP contribution in [0.3, 0.4) is 0 Å². The number of benzene rings is 4. The highest BCUT2D eigenvalue weighted by Crippen LogP contribution is 2.51. The predicted molar refractivity (Wildman–Crippen MR) is 171 cm³/mol. The minimum atomic E-state index is -0.834. The van der Waals surface area contributed by atoms with Crippen molar-refractivity contribution in [3.63, 3.8) is 0 Å². The van der Waals surface area contributed by atoms with Crippen LogP contribution in [0.25, 0.3) is 11.1 Å². The number of halogens is 1. The van der Waals surface area contributed by atoms with Gasteiger partial charge in [0.1, 0.15) is 23.6 Å². The van der Waals surface area contributed by atoms with Gasteiger partial charge in [-0.2, -0.15) is 0 Å². The van der Waals surface area contributed by atoms with Crippen molar-refractivity contribution < 1.29 is 18.7 Å². The number of likely N-dealkylation sites (tertiary alicyclic amines) is 1. The molecule has 0 radical (unpaired) electrons. The van der Waals surface area contributed by atoms with Crippen molar-refractivity contribution >= 4 is 11.8 Å². The third-order valence-corrected chi connectivity index (χ3v) is 8.82. The number of carbonyl (C=O) groups is 2. The van der Waals surface area contributed by atoms with Crippen molar-refractivity contribution in [2.75, 3.05) is 32.9 Å². The van der Waals surface area contributed by atoms with E-state index < -0.39 is 12.1 Å². The van der Waals surface area contributed by atoms with Crippen molar-refractivity contribution in [2.24, 2.45) is 0 Å². The highest BCUT2D eigenvalue weighted by molar-refractivity contribution is 6.00. The topological polar surface area (TPSA) is 70.7 Å². The molecule has 0 spiro atoms. The summed E-state index contributed by atoms with van der Waals surface area (Å²) in [5.41, 5.74) is 3.83. The lowest BCUT2D eigenvalue weighted by atomic mass is 9.73. The van der Waals surface area contributed by atoms with E-state index in [1.165, 1.54) is 0 Å². The first-order valence-electron chi connectivity index (χ1n) is 15.5. The van der Waals surface area contributed by atoms with Gasteiger partial charge in [-0.15, -0.1) is 0 Å². The molecule has 0 saturated carbocycles. The van der Waals surface area contributed by atoms with Gasteiger partial charge >= 0.3 is 0 Å². The number of amides is 2. The van der Waals surface area contributed by atoms with E-state index >= 15 is 0 Å². The van der Waals surface area contributed by atoms with E-state index in [1.54, 1.807) is 6.07 Å². The largest absolute Gasteiger partial charge is 0.457 e. The summed E-state index contributed by atoms with van der Waals surface area (Å²) >= 11 is 0. The Morgan fingerprint density at radius 3 is 2.23 bits per heavy atom. The molecule has 4 aromatic rings. The molecule has 7 heteroatoms. The third-order valence-electron chi connectivity index (χ3n) is 8.82. The number of nitrogens with zero attached hydrogens (tertiary/aromatic N) is 1. The van der Waals surface area contributed by atoms with Gasteiger partial charge in [0.05, 0.1) is 5.56 Å². The maximum absolute atomic E-state index is 13.8. The van der Waals surface area contributed by atoms with Gasteiger partial charge < -0.3 is 20.3 Å². The van der Waals surface area contributed by atoms with Gasteiger partial charge in [0.2, 0.25) is 5.91 Å². The van der Waals surface area contributed by atoms with Gasteiger partial charge in [0, 0.05) is 25.7 Å². The van der Waals surface area contributed by atoms with Gasteiger partial charge in [-0.05, 0) is 72.3 Å². The summed E-state index contributed by atoms with van der Waals surface area (Å²) in [4.78, 5) is 29.4. The Labute approximate surface area is 258 Å². The number of alkyl halides is 1. The summed E-state index contributed by atoms with van der Waals surface area (Å²) in [6.45, 7) is 1.98. The van der Waals surface area contributed by atoms with E-state index in [0.717, 1.165) is 61.2 Å². The number of rotatable bonds is 12. The van der Waals surface area contributed by atoms with Crippen LogP contribution in [0.4, 0.5) is 4.39 Å². The van der Waals surface area contributed by atoms with Crippen LogP contribution in [0.15, 0.2) is 103 Å². The zero-order valence-corrected chi connectivity index (χ0v) is 24.8. The van der Waals surface area contributed by atoms with Crippen LogP contribution >= 0.6 is 0 Å². The fraction of sp³-hybridized carbons (Fsp3) is 0.297. The van der Waals surface area contributed by atoms with Crippen molar-refractivity contribution in [3.8, 4) is 22.6 Å². The Hall–Kier alpha value is -4.49. The minimum Gasteiger partial charge on any atom is -0.457 e. The second-order valence-corrected chi connectivity index (χ2v) is 11.6. The predicted octanol–water partition coefficient (Wildman–Crippen LogP) is 6.51. The lowest BCUT2D eigenvalue weighted by Gasteiger charge is -2.31. The van der Waals surface area contributed by atoms with Crippen molar-refractivity contribution in [3.05, 3.63) is 120 Å². The average Bonchev–Trinajstić information content (AvgIpc) is 3.63. The molecule has 1 saturated heterocycles. The monoisotopic (exact) mass is 591 g/mol. The fourth-order valence-electron chi connectivity index (χ4n) is 6.77. The number of hydrogen-bond acceptors (Lipinski definition) is 4. The smallest absolute Gasteiger partial charge is 0.255 e. The van der Waals surface area contributed by atoms with Gasteiger partial charge in [0.25, 0.3) is 5.91 Å². The molecule has 1 aliphatic heterocycles. The van der Waals surface area contributed by atoms with E-state index in [-0.39, 0.29) is 24.4 Å². The molecule has 1 fully saturated rings. The number of nitrogens with one attached hydrogen (secondary N) is 2. The molecule has 226 valence electrons. The Bertz CT molecular complexity index is 1560. The van der Waals surface area contributed by atoms with Crippen LogP contribution < -0.4 is 15.4 Å². The molecule has 1 heterocycles. The molecule has 44 heavy (non-hydrogen) atoms. The van der Waals surface area contributed by atoms with Crippen molar-refractivity contribution in [1.29, 1.82) is 0 Å². The van der Waals surface area contributed by atoms with E-state index in [0.29, 0.717) is 23.5 Å². The van der Waals surface area contributed by atoms with Crippen LogP contribution in [0.5, 0.6) is 11.5 Å². The Kier molecular flexibility index (Phi) is 9.03. The molecule has 0 bridgehead atoms. The maximum atomic E-state index is 13.8. The molecule has 0 aromatic heterocycles.